The maximum atomic E-state index is 12.8. The number of hydrogen-bond donors (Lipinski definition) is 2. The molecule has 0 atom stereocenters. The number of rotatable bonds is 6. The highest BCUT2D eigenvalue weighted by atomic mass is 32.2. The van der Waals surface area contributed by atoms with Gasteiger partial charge in [-0.2, -0.15) is 0 Å². The normalized spacial score (nSPS) is 14.0. The van der Waals surface area contributed by atoms with Gasteiger partial charge >= 0.3 is 0 Å². The minimum absolute atomic E-state index is 0.00258. The molecular formula is C21H24N2O4S. The summed E-state index contributed by atoms with van der Waals surface area (Å²) in [5.74, 6) is -0.705. The van der Waals surface area contributed by atoms with Gasteiger partial charge in [0.25, 0.3) is 11.8 Å². The Labute approximate surface area is 165 Å². The van der Waals surface area contributed by atoms with Crippen LogP contribution in [0.4, 0.5) is 5.69 Å². The molecule has 1 saturated carbocycles. The van der Waals surface area contributed by atoms with E-state index in [2.05, 4.69) is 10.6 Å². The lowest BCUT2D eigenvalue weighted by atomic mass is 10.1. The van der Waals surface area contributed by atoms with Crippen LogP contribution < -0.4 is 10.6 Å². The van der Waals surface area contributed by atoms with Crippen molar-refractivity contribution >= 4 is 27.3 Å². The summed E-state index contributed by atoms with van der Waals surface area (Å²) in [6.45, 7) is 4.97. The molecule has 0 saturated heterocycles. The van der Waals surface area contributed by atoms with Crippen molar-refractivity contribution in [2.45, 2.75) is 49.8 Å². The van der Waals surface area contributed by atoms with Gasteiger partial charge < -0.3 is 10.6 Å². The van der Waals surface area contributed by atoms with Crippen LogP contribution in [0.5, 0.6) is 0 Å². The Kier molecular flexibility index (Phi) is 5.56. The molecule has 2 aromatic carbocycles. The monoisotopic (exact) mass is 400 g/mol. The van der Waals surface area contributed by atoms with Gasteiger partial charge in [-0.3, -0.25) is 9.59 Å². The zero-order valence-electron chi connectivity index (χ0n) is 16.2. The minimum Gasteiger partial charge on any atom is -0.349 e. The second-order valence-electron chi connectivity index (χ2n) is 7.32. The van der Waals surface area contributed by atoms with Crippen molar-refractivity contribution in [3.63, 3.8) is 0 Å². The molecule has 6 nitrogen and oxygen atoms in total. The van der Waals surface area contributed by atoms with Gasteiger partial charge in [0, 0.05) is 17.3 Å². The van der Waals surface area contributed by atoms with E-state index < -0.39 is 21.0 Å². The fourth-order valence-electron chi connectivity index (χ4n) is 2.74. The summed E-state index contributed by atoms with van der Waals surface area (Å²) in [5.41, 5.74) is 1.80. The number of benzene rings is 2. The highest BCUT2D eigenvalue weighted by Crippen LogP contribution is 2.24. The van der Waals surface area contributed by atoms with Crippen molar-refractivity contribution < 1.29 is 18.0 Å². The third-order valence-electron chi connectivity index (χ3n) is 4.72. The van der Waals surface area contributed by atoms with E-state index in [4.69, 9.17) is 0 Å². The number of anilines is 1. The molecule has 1 aliphatic carbocycles. The fraction of sp³-hybridized carbons (Fsp3) is 0.333. The number of hydrogen-bond acceptors (Lipinski definition) is 4. The van der Waals surface area contributed by atoms with Crippen LogP contribution in [0.25, 0.3) is 0 Å². The molecule has 0 unspecified atom stereocenters. The van der Waals surface area contributed by atoms with Gasteiger partial charge in [0.2, 0.25) is 0 Å². The molecule has 2 amide bonds. The van der Waals surface area contributed by atoms with E-state index in [1.165, 1.54) is 12.1 Å². The van der Waals surface area contributed by atoms with Crippen LogP contribution >= 0.6 is 0 Å². The molecule has 0 heterocycles. The number of amides is 2. The average Bonchev–Trinajstić information content (AvgIpc) is 3.47. The number of carbonyl (C=O) groups excluding carboxylic acids is 2. The summed E-state index contributed by atoms with van der Waals surface area (Å²) in [6.07, 6.45) is 1.98. The fourth-order valence-corrected chi connectivity index (χ4v) is 3.98. The first kappa shape index (κ1) is 20.1. The lowest BCUT2D eigenvalue weighted by molar-refractivity contribution is 0.0949. The summed E-state index contributed by atoms with van der Waals surface area (Å²) in [4.78, 5) is 25.1. The predicted molar refractivity (Wildman–Crippen MR) is 108 cm³/mol. The smallest absolute Gasteiger partial charge is 0.256 e. The van der Waals surface area contributed by atoms with Crippen LogP contribution in [-0.2, 0) is 9.84 Å². The van der Waals surface area contributed by atoms with E-state index >= 15 is 0 Å². The van der Waals surface area contributed by atoms with Crippen molar-refractivity contribution in [1.29, 1.82) is 0 Å². The predicted octanol–water partition coefficient (Wildman–Crippen LogP) is 3.32. The summed E-state index contributed by atoms with van der Waals surface area (Å²) in [6, 6.07) is 11.5. The number of nitrogens with one attached hydrogen (secondary N) is 2. The Hall–Kier alpha value is -2.67. The molecule has 2 aromatic rings. The van der Waals surface area contributed by atoms with Gasteiger partial charge in [0.15, 0.2) is 9.84 Å². The Bertz CT molecular complexity index is 1020. The largest absolute Gasteiger partial charge is 0.349 e. The molecule has 0 aliphatic heterocycles. The average molecular weight is 401 g/mol. The van der Waals surface area contributed by atoms with E-state index in [1.807, 2.05) is 6.92 Å². The molecule has 0 radical (unpaired) electrons. The molecule has 0 aromatic heterocycles. The van der Waals surface area contributed by atoms with Gasteiger partial charge in [0.05, 0.1) is 15.7 Å². The highest BCUT2D eigenvalue weighted by Gasteiger charge is 2.26. The van der Waals surface area contributed by atoms with Crippen LogP contribution in [0.2, 0.25) is 0 Å². The van der Waals surface area contributed by atoms with Crippen LogP contribution in [0, 0.1) is 6.92 Å². The molecule has 148 valence electrons. The molecule has 3 rings (SSSR count). The zero-order chi connectivity index (χ0) is 20.5. The third kappa shape index (κ3) is 4.25. The second-order valence-corrected chi connectivity index (χ2v) is 9.79. The molecule has 2 N–H and O–H groups in total. The number of sulfone groups is 1. The SMILES string of the molecule is Cc1ccc(C(=O)NC2CC2)cc1NC(=O)c1ccccc1S(=O)(=O)C(C)C. The van der Waals surface area contributed by atoms with Crippen molar-refractivity contribution in [3.8, 4) is 0 Å². The summed E-state index contributed by atoms with van der Waals surface area (Å²) >= 11 is 0. The van der Waals surface area contributed by atoms with E-state index in [-0.39, 0.29) is 22.4 Å². The Morgan fingerprint density at radius 3 is 2.36 bits per heavy atom. The topological polar surface area (TPSA) is 92.3 Å². The zero-order valence-corrected chi connectivity index (χ0v) is 17.0. The summed E-state index contributed by atoms with van der Waals surface area (Å²) in [5, 5.41) is 5.03. The molecule has 28 heavy (non-hydrogen) atoms. The van der Waals surface area contributed by atoms with Gasteiger partial charge in [0.1, 0.15) is 0 Å². The Balaban J connectivity index is 1.89. The van der Waals surface area contributed by atoms with Crippen LogP contribution in [0.15, 0.2) is 47.4 Å². The minimum atomic E-state index is -3.61. The molecule has 7 heteroatoms. The lowest BCUT2D eigenvalue weighted by Crippen LogP contribution is -2.25. The van der Waals surface area contributed by atoms with E-state index in [9.17, 15) is 18.0 Å². The first-order valence-electron chi connectivity index (χ1n) is 9.26. The molecule has 0 spiro atoms. The number of aryl methyl sites for hydroxylation is 1. The highest BCUT2D eigenvalue weighted by molar-refractivity contribution is 7.92. The van der Waals surface area contributed by atoms with E-state index in [0.29, 0.717) is 11.3 Å². The standard InChI is InChI=1S/C21H24N2O4S/c1-13(2)28(26,27)19-7-5-4-6-17(19)21(25)23-18-12-15(9-8-14(18)3)20(24)22-16-10-11-16/h4-9,12-13,16H,10-11H2,1-3H3,(H,22,24)(H,23,25). The maximum Gasteiger partial charge on any atom is 0.256 e. The van der Waals surface area contributed by atoms with Crippen LogP contribution in [0.1, 0.15) is 53.0 Å². The van der Waals surface area contributed by atoms with Crippen LogP contribution in [-0.4, -0.2) is 31.5 Å². The molecule has 0 bridgehead atoms. The van der Waals surface area contributed by atoms with Crippen molar-refractivity contribution in [2.24, 2.45) is 0 Å². The first-order valence-corrected chi connectivity index (χ1v) is 10.8. The van der Waals surface area contributed by atoms with E-state index in [1.54, 1.807) is 44.2 Å². The van der Waals surface area contributed by atoms with Crippen LogP contribution in [0.3, 0.4) is 0 Å². The van der Waals surface area contributed by atoms with Gasteiger partial charge in [-0.1, -0.05) is 18.2 Å². The summed E-state index contributed by atoms with van der Waals surface area (Å²) in [7, 11) is -3.61. The second kappa shape index (κ2) is 7.75. The lowest BCUT2D eigenvalue weighted by Gasteiger charge is -2.14. The molecule has 1 aliphatic rings. The number of carbonyl (C=O) groups is 2. The third-order valence-corrected chi connectivity index (χ3v) is 6.93. The Morgan fingerprint density at radius 2 is 1.71 bits per heavy atom. The van der Waals surface area contributed by atoms with Crippen molar-refractivity contribution in [3.05, 3.63) is 59.2 Å². The first-order chi connectivity index (χ1) is 13.2. The molecular weight excluding hydrogens is 376 g/mol. The van der Waals surface area contributed by atoms with Gasteiger partial charge in [-0.15, -0.1) is 0 Å². The van der Waals surface area contributed by atoms with E-state index in [0.717, 1.165) is 18.4 Å². The Morgan fingerprint density at radius 1 is 1.04 bits per heavy atom. The molecule has 1 fully saturated rings. The van der Waals surface area contributed by atoms with Crippen molar-refractivity contribution in [1.82, 2.24) is 5.32 Å². The van der Waals surface area contributed by atoms with Gasteiger partial charge in [-0.25, -0.2) is 8.42 Å². The maximum absolute atomic E-state index is 12.8. The quantitative estimate of drug-likeness (QED) is 0.778. The van der Waals surface area contributed by atoms with Crippen molar-refractivity contribution in [2.75, 3.05) is 5.32 Å². The van der Waals surface area contributed by atoms with Gasteiger partial charge in [-0.05, 0) is 63.4 Å². The summed E-state index contributed by atoms with van der Waals surface area (Å²) < 4.78 is 25.2.